The van der Waals surface area contributed by atoms with Crippen molar-refractivity contribution in [1.29, 1.82) is 0 Å². The summed E-state index contributed by atoms with van der Waals surface area (Å²) in [5, 5.41) is 10.9. The van der Waals surface area contributed by atoms with Gasteiger partial charge in [0.1, 0.15) is 0 Å². The Morgan fingerprint density at radius 2 is 0.683 bits per heavy atom. The average molecular weight is 797 g/mol. The first kappa shape index (κ1) is 49.2. The van der Waals surface area contributed by atoms with E-state index in [-0.39, 0.29) is 10.8 Å². The van der Waals surface area contributed by atoms with E-state index < -0.39 is 0 Å². The van der Waals surface area contributed by atoms with E-state index in [1.54, 1.807) is 0 Å². The minimum absolute atomic E-state index is 0.0373. The Morgan fingerprint density at radius 3 is 1.25 bits per heavy atom. The quantitative estimate of drug-likeness (QED) is 0.134. The monoisotopic (exact) mass is 797 g/mol. The Morgan fingerprint density at radius 1 is 0.317 bits per heavy atom. The molecule has 2 aliphatic carbocycles. The lowest BCUT2D eigenvalue weighted by Crippen LogP contribution is -2.15. The topological polar surface area (TPSA) is 0 Å². The van der Waals surface area contributed by atoms with Crippen LogP contribution in [-0.4, -0.2) is 0 Å². The lowest BCUT2D eigenvalue weighted by Gasteiger charge is -2.24. The Kier molecular flexibility index (Phi) is 18.8. The maximum Gasteiger partial charge on any atom is 0.0165 e. The van der Waals surface area contributed by atoms with E-state index in [0.29, 0.717) is 0 Å². The summed E-state index contributed by atoms with van der Waals surface area (Å²) in [4.78, 5) is 0. The molecule has 0 fully saturated rings. The summed E-state index contributed by atoms with van der Waals surface area (Å²) in [6.45, 7) is 33.9. The summed E-state index contributed by atoms with van der Waals surface area (Å²) < 4.78 is 0. The predicted octanol–water partition coefficient (Wildman–Crippen LogP) is 19.5. The van der Waals surface area contributed by atoms with Gasteiger partial charge in [-0.05, 0) is 87.6 Å². The average Bonchev–Trinajstić information content (AvgIpc) is 3.70. The van der Waals surface area contributed by atoms with Gasteiger partial charge in [-0.3, -0.25) is 0 Å². The minimum Gasteiger partial charge on any atom is -0.0683 e. The van der Waals surface area contributed by atoms with Crippen LogP contribution >= 0.6 is 0 Å². The van der Waals surface area contributed by atoms with Gasteiger partial charge in [0.2, 0.25) is 0 Å². The third-order valence-electron chi connectivity index (χ3n) is 10.9. The summed E-state index contributed by atoms with van der Waals surface area (Å²) in [5.74, 6) is 0. The van der Waals surface area contributed by atoms with E-state index in [1.807, 2.05) is 55.4 Å². The molecule has 60 heavy (non-hydrogen) atoms. The summed E-state index contributed by atoms with van der Waals surface area (Å²) in [6.07, 6.45) is 2.50. The summed E-state index contributed by atoms with van der Waals surface area (Å²) >= 11 is 0. The molecule has 2 aliphatic rings. The SMILES string of the molecule is CC.CC.CC.CC.CC1(C)c2ccccc2-c2c1c1ccccc1c1ccccc21.CC1(C)c2ccccc2-c2ccc3ccc4ccccc4c3c21.CCC.CCC. The highest BCUT2D eigenvalue weighted by Gasteiger charge is 2.38. The van der Waals surface area contributed by atoms with Gasteiger partial charge in [0, 0.05) is 10.8 Å². The molecule has 0 saturated heterocycles. The molecule has 0 atom stereocenters. The summed E-state index contributed by atoms with van der Waals surface area (Å²) in [6, 6.07) is 53.3. The van der Waals surface area contributed by atoms with Crippen LogP contribution in [0.25, 0.3) is 65.3 Å². The zero-order chi connectivity index (χ0) is 44.6. The predicted molar refractivity (Wildman–Crippen MR) is 275 cm³/mol. The first-order valence-electron chi connectivity index (χ1n) is 23.3. The molecule has 0 aliphatic heterocycles. The number of fused-ring (bicyclic) bond motifs is 15. The van der Waals surface area contributed by atoms with Crippen LogP contribution < -0.4 is 0 Å². The van der Waals surface area contributed by atoms with Crippen LogP contribution in [-0.2, 0) is 10.8 Å². The molecule has 8 aromatic rings. The van der Waals surface area contributed by atoms with Gasteiger partial charge < -0.3 is 0 Å². The highest BCUT2D eigenvalue weighted by molar-refractivity contribution is 6.18. The fraction of sp³-hybridized carbons (Fsp3) is 0.333. The highest BCUT2D eigenvalue weighted by Crippen LogP contribution is 2.55. The molecular weight excluding hydrogens is 721 g/mol. The van der Waals surface area contributed by atoms with E-state index >= 15 is 0 Å². The van der Waals surface area contributed by atoms with Crippen LogP contribution in [0.1, 0.15) is 146 Å². The molecule has 0 radical (unpaired) electrons. The molecule has 8 aromatic carbocycles. The van der Waals surface area contributed by atoms with Crippen LogP contribution in [0.4, 0.5) is 0 Å². The van der Waals surface area contributed by atoms with Crippen molar-refractivity contribution < 1.29 is 0 Å². The normalized spacial score (nSPS) is 12.4. The standard InChI is InChI=1S/2C23H18.2C3H8.4C2H6/c1-23(2)20-14-8-7-13-19(20)21-17-11-5-3-9-15(17)16-10-4-6-12-18(16)22(21)23;1-23(2)20-10-6-5-9-18(20)19-14-13-16-12-11-15-7-3-4-8-17(15)21(16)22(19)23;2*1-3-2;4*1-2/h2*3-14H,1-2H3;2*3H2,1-2H3;4*1-2H3. The lowest BCUT2D eigenvalue weighted by atomic mass is 9.79. The van der Waals surface area contributed by atoms with Crippen LogP contribution in [0.5, 0.6) is 0 Å². The van der Waals surface area contributed by atoms with Gasteiger partial charge in [-0.1, -0.05) is 269 Å². The maximum absolute atomic E-state index is 2.36. The molecule has 0 saturated carbocycles. The van der Waals surface area contributed by atoms with E-state index in [2.05, 4.69) is 201 Å². The fourth-order valence-electron chi connectivity index (χ4n) is 8.82. The van der Waals surface area contributed by atoms with Gasteiger partial charge >= 0.3 is 0 Å². The first-order valence-corrected chi connectivity index (χ1v) is 23.3. The number of hydrogen-bond acceptors (Lipinski definition) is 0. The molecule has 0 bridgehead atoms. The van der Waals surface area contributed by atoms with E-state index in [9.17, 15) is 0 Å². The van der Waals surface area contributed by atoms with Gasteiger partial charge in [-0.15, -0.1) is 0 Å². The summed E-state index contributed by atoms with van der Waals surface area (Å²) in [5.41, 5.74) is 11.5. The lowest BCUT2D eigenvalue weighted by molar-refractivity contribution is 0.666. The number of benzene rings is 8. The Bertz CT molecular complexity index is 2550. The van der Waals surface area contributed by atoms with E-state index in [0.717, 1.165) is 0 Å². The Balaban J connectivity index is 0.000000248. The molecule has 0 unspecified atom stereocenters. The van der Waals surface area contributed by atoms with Crippen LogP contribution in [0.2, 0.25) is 0 Å². The maximum atomic E-state index is 2.36. The second-order valence-electron chi connectivity index (χ2n) is 15.5. The molecule has 316 valence electrons. The van der Waals surface area contributed by atoms with Crippen LogP contribution in [0.15, 0.2) is 146 Å². The Hall–Kier alpha value is -5.20. The molecule has 0 nitrogen and oxygen atoms in total. The van der Waals surface area contributed by atoms with Crippen molar-refractivity contribution in [2.45, 2.75) is 134 Å². The zero-order valence-electron chi connectivity index (χ0n) is 40.3. The number of rotatable bonds is 0. The molecule has 10 rings (SSSR count). The van der Waals surface area contributed by atoms with Gasteiger partial charge in [0.15, 0.2) is 0 Å². The van der Waals surface area contributed by atoms with Crippen molar-refractivity contribution in [3.8, 4) is 22.3 Å². The van der Waals surface area contributed by atoms with Crippen molar-refractivity contribution in [2.75, 3.05) is 0 Å². The molecule has 0 heteroatoms. The minimum atomic E-state index is 0.0373. The fourth-order valence-corrected chi connectivity index (χ4v) is 8.82. The van der Waals surface area contributed by atoms with Gasteiger partial charge in [0.05, 0.1) is 0 Å². The third kappa shape index (κ3) is 9.24. The van der Waals surface area contributed by atoms with Crippen molar-refractivity contribution in [3.05, 3.63) is 168 Å². The second kappa shape index (κ2) is 23.0. The second-order valence-corrected chi connectivity index (χ2v) is 15.5. The molecular formula is C60H76. The smallest absolute Gasteiger partial charge is 0.0165 e. The van der Waals surface area contributed by atoms with Gasteiger partial charge in [-0.25, -0.2) is 0 Å². The van der Waals surface area contributed by atoms with Gasteiger partial charge in [-0.2, -0.15) is 0 Å². The van der Waals surface area contributed by atoms with Crippen LogP contribution in [0, 0.1) is 0 Å². The van der Waals surface area contributed by atoms with Crippen molar-refractivity contribution in [3.63, 3.8) is 0 Å². The van der Waals surface area contributed by atoms with E-state index in [4.69, 9.17) is 0 Å². The summed E-state index contributed by atoms with van der Waals surface area (Å²) in [7, 11) is 0. The van der Waals surface area contributed by atoms with Crippen molar-refractivity contribution in [1.82, 2.24) is 0 Å². The van der Waals surface area contributed by atoms with E-state index in [1.165, 1.54) is 100 Å². The third-order valence-corrected chi connectivity index (χ3v) is 10.9. The molecule has 0 N–H and O–H groups in total. The highest BCUT2D eigenvalue weighted by atomic mass is 14.4. The molecule has 0 amide bonds. The van der Waals surface area contributed by atoms with Crippen molar-refractivity contribution >= 4 is 43.1 Å². The van der Waals surface area contributed by atoms with Gasteiger partial charge in [0.25, 0.3) is 0 Å². The first-order chi connectivity index (χ1) is 29.2. The molecule has 0 aromatic heterocycles. The molecule has 0 heterocycles. The van der Waals surface area contributed by atoms with Crippen LogP contribution in [0.3, 0.4) is 0 Å². The van der Waals surface area contributed by atoms with Crippen molar-refractivity contribution in [2.24, 2.45) is 0 Å². The molecule has 0 spiro atoms. The Labute approximate surface area is 366 Å². The zero-order valence-corrected chi connectivity index (χ0v) is 40.3. The largest absolute Gasteiger partial charge is 0.0683 e. The number of hydrogen-bond donors (Lipinski definition) is 0.